The predicted molar refractivity (Wildman–Crippen MR) is 112 cm³/mol. The molecular weight excluding hydrogens is 374 g/mol. The summed E-state index contributed by atoms with van der Waals surface area (Å²) in [6, 6.07) is 8.05. The first-order chi connectivity index (χ1) is 13.6. The number of aromatic nitrogens is 3. The van der Waals surface area contributed by atoms with Gasteiger partial charge in [-0.2, -0.15) is 0 Å². The smallest absolute Gasteiger partial charge is 0.197 e. The predicted octanol–water partition coefficient (Wildman–Crippen LogP) is 3.50. The number of aliphatic imine (C=N–C) groups is 1. The van der Waals surface area contributed by atoms with E-state index in [0.29, 0.717) is 40.5 Å². The number of H-pyrrole nitrogens is 1. The monoisotopic (exact) mass is 395 g/mol. The summed E-state index contributed by atoms with van der Waals surface area (Å²) in [6.07, 6.45) is 1.73. The van der Waals surface area contributed by atoms with Gasteiger partial charge in [-0.05, 0) is 36.7 Å². The molecule has 1 aliphatic heterocycles. The number of thioether (sulfide) groups is 1. The van der Waals surface area contributed by atoms with Crippen molar-refractivity contribution in [2.24, 2.45) is 4.99 Å². The second-order valence-electron chi connectivity index (χ2n) is 6.71. The highest BCUT2D eigenvalue weighted by Gasteiger charge is 2.21. The third-order valence-corrected chi connectivity index (χ3v) is 5.41. The van der Waals surface area contributed by atoms with E-state index in [9.17, 15) is 9.90 Å². The molecule has 0 bridgehead atoms. The minimum absolute atomic E-state index is 0.327. The lowest BCUT2D eigenvalue weighted by molar-refractivity contribution is 0.112. The third kappa shape index (κ3) is 3.53. The van der Waals surface area contributed by atoms with E-state index in [-0.39, 0.29) is 0 Å². The minimum Gasteiger partial charge on any atom is -0.392 e. The second kappa shape index (κ2) is 7.73. The highest BCUT2D eigenvalue weighted by Crippen LogP contribution is 2.34. The van der Waals surface area contributed by atoms with Crippen LogP contribution in [0.2, 0.25) is 0 Å². The van der Waals surface area contributed by atoms with E-state index in [1.54, 1.807) is 6.92 Å². The van der Waals surface area contributed by atoms with Gasteiger partial charge in [0.15, 0.2) is 11.4 Å². The molecule has 3 N–H and O–H groups in total. The van der Waals surface area contributed by atoms with E-state index < -0.39 is 6.10 Å². The van der Waals surface area contributed by atoms with Crippen LogP contribution < -0.4 is 5.32 Å². The number of aldehydes is 1. The van der Waals surface area contributed by atoms with Gasteiger partial charge in [0.25, 0.3) is 0 Å². The lowest BCUT2D eigenvalue weighted by atomic mass is 10.1. The van der Waals surface area contributed by atoms with Crippen LogP contribution in [0, 0.1) is 0 Å². The summed E-state index contributed by atoms with van der Waals surface area (Å²) in [5, 5.41) is 14.9. The van der Waals surface area contributed by atoms with Gasteiger partial charge in [0.2, 0.25) is 0 Å². The average Bonchev–Trinajstić information content (AvgIpc) is 3.25. The number of para-hydroxylation sites is 1. The maximum atomic E-state index is 11.7. The molecule has 1 aromatic carbocycles. The molecule has 0 saturated heterocycles. The molecule has 8 heteroatoms. The van der Waals surface area contributed by atoms with E-state index in [2.05, 4.69) is 31.3 Å². The van der Waals surface area contributed by atoms with E-state index >= 15 is 0 Å². The van der Waals surface area contributed by atoms with Gasteiger partial charge in [-0.25, -0.2) is 15.0 Å². The highest BCUT2D eigenvalue weighted by molar-refractivity contribution is 8.13. The molecule has 28 heavy (non-hydrogen) atoms. The van der Waals surface area contributed by atoms with Crippen LogP contribution in [0.25, 0.3) is 11.0 Å². The molecule has 1 aliphatic rings. The Morgan fingerprint density at radius 3 is 2.89 bits per heavy atom. The van der Waals surface area contributed by atoms with Gasteiger partial charge >= 0.3 is 0 Å². The van der Waals surface area contributed by atoms with Gasteiger partial charge < -0.3 is 15.4 Å². The van der Waals surface area contributed by atoms with E-state index in [0.717, 1.165) is 29.1 Å². The van der Waals surface area contributed by atoms with Gasteiger partial charge in [0.1, 0.15) is 11.5 Å². The Balaban J connectivity index is 1.72. The Morgan fingerprint density at radius 2 is 2.18 bits per heavy atom. The number of aliphatic hydroxyl groups is 1. The molecule has 0 aliphatic carbocycles. The van der Waals surface area contributed by atoms with E-state index in [4.69, 9.17) is 0 Å². The molecule has 0 saturated carbocycles. The standard InChI is InChI=1S/C20H21N5O2S/c1-3-14-13(10-26)17-18(21-9-11(2)27)24-20(25-19(17)23-14)28-16-8-12-6-4-5-7-15(12)22-16/h4-7,10-11,27H,3,8-9H2,1-2H3,(H2,21,23,24,25)/t11-/m0/s1. The number of carbonyl (C=O) groups excluding carboxylic acids is 1. The van der Waals surface area contributed by atoms with Crippen molar-refractivity contribution in [3.05, 3.63) is 41.1 Å². The first kappa shape index (κ1) is 18.6. The molecule has 0 unspecified atom stereocenters. The van der Waals surface area contributed by atoms with Crippen LogP contribution in [0.15, 0.2) is 34.4 Å². The summed E-state index contributed by atoms with van der Waals surface area (Å²) in [5.41, 5.74) is 4.17. The molecule has 3 heterocycles. The number of fused-ring (bicyclic) bond motifs is 2. The normalized spacial score (nSPS) is 14.0. The SMILES string of the molecule is CCc1[nH]c2nc(SC3=Nc4ccccc4C3)nc(NC[C@H](C)O)c2c1C=O. The molecule has 4 rings (SSSR count). The molecule has 0 amide bonds. The maximum Gasteiger partial charge on any atom is 0.197 e. The fourth-order valence-electron chi connectivity index (χ4n) is 3.24. The van der Waals surface area contributed by atoms with Crippen LogP contribution in [0.1, 0.15) is 35.5 Å². The Bertz CT molecular complexity index is 1070. The Labute approximate surface area is 166 Å². The molecule has 0 spiro atoms. The zero-order chi connectivity index (χ0) is 19.7. The molecule has 1 atom stereocenters. The summed E-state index contributed by atoms with van der Waals surface area (Å²) >= 11 is 1.42. The number of aromatic amines is 1. The summed E-state index contributed by atoms with van der Waals surface area (Å²) in [4.78, 5) is 28.8. The van der Waals surface area contributed by atoms with Gasteiger partial charge in [-0.1, -0.05) is 25.1 Å². The summed E-state index contributed by atoms with van der Waals surface area (Å²) in [5.74, 6) is 0.544. The van der Waals surface area contributed by atoms with Gasteiger partial charge in [0.05, 0.1) is 22.2 Å². The zero-order valence-corrected chi connectivity index (χ0v) is 16.5. The average molecular weight is 395 g/mol. The molecular formula is C20H21N5O2S. The Morgan fingerprint density at radius 1 is 1.36 bits per heavy atom. The fraction of sp³-hybridized carbons (Fsp3) is 0.300. The second-order valence-corrected chi connectivity index (χ2v) is 7.75. The fourth-order valence-corrected chi connectivity index (χ4v) is 4.10. The van der Waals surface area contributed by atoms with Gasteiger partial charge in [-0.15, -0.1) is 0 Å². The first-order valence-electron chi connectivity index (χ1n) is 9.22. The van der Waals surface area contributed by atoms with E-state index in [1.165, 1.54) is 17.3 Å². The molecule has 3 aromatic rings. The number of hydrogen-bond acceptors (Lipinski definition) is 7. The number of aryl methyl sites for hydroxylation is 1. The minimum atomic E-state index is -0.543. The van der Waals surface area contributed by atoms with Crippen molar-refractivity contribution in [1.29, 1.82) is 0 Å². The van der Waals surface area contributed by atoms with Gasteiger partial charge in [-0.3, -0.25) is 4.79 Å². The van der Waals surface area contributed by atoms with E-state index in [1.807, 2.05) is 25.1 Å². The van der Waals surface area contributed by atoms with Crippen molar-refractivity contribution in [2.75, 3.05) is 11.9 Å². The summed E-state index contributed by atoms with van der Waals surface area (Å²) in [6.45, 7) is 4.00. The number of benzene rings is 1. The quantitative estimate of drug-likeness (QED) is 0.436. The number of carbonyl (C=O) groups is 1. The Kier molecular flexibility index (Phi) is 5.15. The Hall–Kier alpha value is -2.71. The molecule has 0 fully saturated rings. The van der Waals surface area contributed by atoms with Gasteiger partial charge in [0, 0.05) is 24.2 Å². The van der Waals surface area contributed by atoms with Crippen LogP contribution in [-0.2, 0) is 12.8 Å². The van der Waals surface area contributed by atoms with Crippen molar-refractivity contribution in [3.63, 3.8) is 0 Å². The van der Waals surface area contributed by atoms with Crippen molar-refractivity contribution < 1.29 is 9.90 Å². The van der Waals surface area contributed by atoms with Crippen molar-refractivity contribution in [3.8, 4) is 0 Å². The van der Waals surface area contributed by atoms with Crippen molar-refractivity contribution >= 4 is 45.6 Å². The number of rotatable bonds is 6. The zero-order valence-electron chi connectivity index (χ0n) is 15.7. The number of hydrogen-bond donors (Lipinski definition) is 3. The maximum absolute atomic E-state index is 11.7. The topological polar surface area (TPSA) is 103 Å². The summed E-state index contributed by atoms with van der Waals surface area (Å²) in [7, 11) is 0. The third-order valence-electron chi connectivity index (χ3n) is 4.58. The highest BCUT2D eigenvalue weighted by atomic mass is 32.2. The van der Waals surface area contributed by atoms with Crippen LogP contribution in [0.3, 0.4) is 0 Å². The van der Waals surface area contributed by atoms with Crippen molar-refractivity contribution in [2.45, 2.75) is 37.9 Å². The number of anilines is 1. The lowest BCUT2D eigenvalue weighted by Gasteiger charge is -2.10. The number of aliphatic hydroxyl groups excluding tert-OH is 1. The summed E-state index contributed by atoms with van der Waals surface area (Å²) < 4.78 is 0. The largest absolute Gasteiger partial charge is 0.392 e. The first-order valence-corrected chi connectivity index (χ1v) is 10.0. The van der Waals surface area contributed by atoms with Crippen LogP contribution in [0.5, 0.6) is 0 Å². The number of nitrogens with zero attached hydrogens (tertiary/aromatic N) is 3. The lowest BCUT2D eigenvalue weighted by Crippen LogP contribution is -2.16. The van der Waals surface area contributed by atoms with Crippen LogP contribution >= 0.6 is 11.8 Å². The van der Waals surface area contributed by atoms with Crippen LogP contribution in [0.4, 0.5) is 11.5 Å². The molecule has 2 aromatic heterocycles. The molecule has 0 radical (unpaired) electrons. The van der Waals surface area contributed by atoms with Crippen LogP contribution in [-0.4, -0.2) is 44.0 Å². The molecule has 7 nitrogen and oxygen atoms in total. The molecule has 144 valence electrons. The number of nitrogens with one attached hydrogen (secondary N) is 2. The van der Waals surface area contributed by atoms with Crippen molar-refractivity contribution in [1.82, 2.24) is 15.0 Å².